The number of carbonyl (C=O) groups excluding carboxylic acids is 2. The molecule has 3 heterocycles. The summed E-state index contributed by atoms with van der Waals surface area (Å²) < 4.78 is 20.8. The second kappa shape index (κ2) is 8.18. The van der Waals surface area contributed by atoms with E-state index >= 15 is 4.39 Å². The number of ether oxygens (including phenoxy) is 1. The van der Waals surface area contributed by atoms with Crippen LogP contribution in [0.5, 0.6) is 0 Å². The number of carbonyl (C=O) groups is 2. The Hall–Kier alpha value is -3.56. The number of nitrogens with one attached hydrogen (secondary N) is 2. The normalized spacial score (nSPS) is 19.1. The molecule has 4 rings (SSSR count). The van der Waals surface area contributed by atoms with E-state index in [0.29, 0.717) is 13.0 Å². The molecule has 0 aliphatic carbocycles. The highest BCUT2D eigenvalue weighted by Crippen LogP contribution is 2.29. The number of fused-ring (bicyclic) bond motifs is 1. The van der Waals surface area contributed by atoms with Crippen LogP contribution < -0.4 is 5.32 Å². The van der Waals surface area contributed by atoms with Gasteiger partial charge in [0.25, 0.3) is 5.91 Å². The first-order valence-corrected chi connectivity index (χ1v) is 10.4. The molecule has 10 heteroatoms. The van der Waals surface area contributed by atoms with Crippen LogP contribution in [0.4, 0.5) is 15.1 Å². The lowest BCUT2D eigenvalue weighted by molar-refractivity contribution is -0.130. The Bertz CT molecular complexity index is 1140. The molecule has 1 unspecified atom stereocenters. The van der Waals surface area contributed by atoms with Gasteiger partial charge in [0.05, 0.1) is 18.3 Å². The number of halogens is 1. The van der Waals surface area contributed by atoms with Crippen molar-refractivity contribution in [1.29, 1.82) is 0 Å². The number of nitrogens with zero attached hydrogens (tertiary/aromatic N) is 4. The number of anilines is 1. The van der Waals surface area contributed by atoms with E-state index in [9.17, 15) is 9.59 Å². The molecule has 2 N–H and O–H groups in total. The molecule has 0 spiro atoms. The van der Waals surface area contributed by atoms with E-state index in [1.807, 2.05) is 18.2 Å². The molecule has 3 aromatic rings. The lowest BCUT2D eigenvalue weighted by Crippen LogP contribution is -2.54. The summed E-state index contributed by atoms with van der Waals surface area (Å²) >= 11 is 0. The van der Waals surface area contributed by atoms with E-state index in [1.165, 1.54) is 4.90 Å². The van der Waals surface area contributed by atoms with Gasteiger partial charge in [-0.1, -0.05) is 18.2 Å². The van der Waals surface area contributed by atoms with Gasteiger partial charge in [-0.15, -0.1) is 0 Å². The maximum absolute atomic E-state index is 15.5. The minimum atomic E-state index is -2.25. The molecule has 0 radical (unpaired) electrons. The molecule has 1 aliphatic heterocycles. The van der Waals surface area contributed by atoms with Crippen LogP contribution in [0.15, 0.2) is 36.8 Å². The van der Waals surface area contributed by atoms with Gasteiger partial charge in [-0.25, -0.2) is 19.2 Å². The Labute approximate surface area is 184 Å². The quantitative estimate of drug-likeness (QED) is 0.642. The fourth-order valence-electron chi connectivity index (χ4n) is 3.63. The van der Waals surface area contributed by atoms with Crippen molar-refractivity contribution < 1.29 is 18.7 Å². The molecule has 0 bridgehead atoms. The van der Waals surface area contributed by atoms with Gasteiger partial charge in [0.2, 0.25) is 11.6 Å². The van der Waals surface area contributed by atoms with E-state index in [1.54, 1.807) is 39.4 Å². The number of hydrogen-bond donors (Lipinski definition) is 2. The Morgan fingerprint density at radius 1 is 1.22 bits per heavy atom. The van der Waals surface area contributed by atoms with Crippen molar-refractivity contribution in [3.8, 4) is 11.1 Å². The van der Waals surface area contributed by atoms with Crippen LogP contribution in [0.1, 0.15) is 33.6 Å². The molecule has 2 aromatic heterocycles. The van der Waals surface area contributed by atoms with E-state index in [-0.39, 0.29) is 18.9 Å². The summed E-state index contributed by atoms with van der Waals surface area (Å²) in [7, 11) is 0. The second-order valence-corrected chi connectivity index (χ2v) is 8.86. The third kappa shape index (κ3) is 4.53. The molecule has 2 amide bonds. The van der Waals surface area contributed by atoms with Gasteiger partial charge in [-0.2, -0.15) is 5.10 Å². The number of amides is 2. The number of benzene rings is 1. The molecule has 1 atom stereocenters. The van der Waals surface area contributed by atoms with Gasteiger partial charge in [0.1, 0.15) is 5.60 Å². The SMILES string of the molecule is CC(C)(C)OC(=O)N1CCCC(F)(C(=O)Nc2ncc(-c3cccc4cn[nH]c34)cn2)C1. The zero-order valence-corrected chi connectivity index (χ0v) is 18.2. The van der Waals surface area contributed by atoms with Gasteiger partial charge in [-0.3, -0.25) is 15.2 Å². The number of para-hydroxylation sites is 1. The van der Waals surface area contributed by atoms with Gasteiger partial charge >= 0.3 is 6.09 Å². The van der Waals surface area contributed by atoms with Crippen LogP contribution in [0.25, 0.3) is 22.0 Å². The standard InChI is InChI=1S/C22H25FN6O3/c1-21(2,3)32-20(31)29-9-5-8-22(23,13-29)18(30)27-19-24-10-15(11-25-19)16-7-4-6-14-12-26-28-17(14)16/h4,6-7,10-12H,5,8-9,13H2,1-3H3,(H,26,28)(H,24,25,27,30). The van der Waals surface area contributed by atoms with Gasteiger partial charge in [-0.05, 0) is 33.6 Å². The van der Waals surface area contributed by atoms with Gasteiger partial charge in [0, 0.05) is 35.5 Å². The van der Waals surface area contributed by atoms with Crippen molar-refractivity contribution in [3.63, 3.8) is 0 Å². The zero-order valence-electron chi connectivity index (χ0n) is 18.2. The van der Waals surface area contributed by atoms with Crippen molar-refractivity contribution in [2.45, 2.75) is 44.9 Å². The molecule has 0 saturated carbocycles. The third-order valence-electron chi connectivity index (χ3n) is 5.17. The summed E-state index contributed by atoms with van der Waals surface area (Å²) in [5, 5.41) is 10.4. The van der Waals surface area contributed by atoms with E-state index in [0.717, 1.165) is 22.0 Å². The number of hydrogen-bond acceptors (Lipinski definition) is 6. The topological polar surface area (TPSA) is 113 Å². The van der Waals surface area contributed by atoms with E-state index in [2.05, 4.69) is 25.5 Å². The number of rotatable bonds is 3. The summed E-state index contributed by atoms with van der Waals surface area (Å²) in [6.45, 7) is 5.15. The molecule has 1 saturated heterocycles. The molecule has 9 nitrogen and oxygen atoms in total. The average Bonchev–Trinajstić information content (AvgIpc) is 3.22. The maximum Gasteiger partial charge on any atom is 0.410 e. The Morgan fingerprint density at radius 3 is 2.69 bits per heavy atom. The fraction of sp³-hybridized carbons (Fsp3) is 0.409. The number of aromatic nitrogens is 4. The first-order valence-electron chi connectivity index (χ1n) is 10.4. The van der Waals surface area contributed by atoms with Crippen molar-refractivity contribution in [1.82, 2.24) is 25.1 Å². The highest BCUT2D eigenvalue weighted by atomic mass is 19.1. The lowest BCUT2D eigenvalue weighted by atomic mass is 9.94. The van der Waals surface area contributed by atoms with Crippen molar-refractivity contribution >= 4 is 28.9 Å². The summed E-state index contributed by atoms with van der Waals surface area (Å²) in [5.74, 6) is -0.892. The molecule has 1 aromatic carbocycles. The fourth-order valence-corrected chi connectivity index (χ4v) is 3.63. The number of piperidine rings is 1. The smallest absolute Gasteiger partial charge is 0.410 e. The van der Waals surface area contributed by atoms with Crippen LogP contribution in [0.2, 0.25) is 0 Å². The molecule has 1 fully saturated rings. The summed E-state index contributed by atoms with van der Waals surface area (Å²) in [6.07, 6.45) is 4.53. The van der Waals surface area contributed by atoms with Crippen molar-refractivity contribution in [2.24, 2.45) is 0 Å². The largest absolute Gasteiger partial charge is 0.444 e. The highest BCUT2D eigenvalue weighted by Gasteiger charge is 2.45. The van der Waals surface area contributed by atoms with Crippen molar-refractivity contribution in [3.05, 3.63) is 36.8 Å². The highest BCUT2D eigenvalue weighted by molar-refractivity contribution is 5.97. The number of likely N-dealkylation sites (tertiary alicyclic amines) is 1. The molecule has 32 heavy (non-hydrogen) atoms. The summed E-state index contributed by atoms with van der Waals surface area (Å²) in [6, 6.07) is 5.74. The van der Waals surface area contributed by atoms with E-state index in [4.69, 9.17) is 4.74 Å². The number of alkyl halides is 1. The monoisotopic (exact) mass is 440 g/mol. The Kier molecular flexibility index (Phi) is 5.53. The molecular weight excluding hydrogens is 415 g/mol. The first kappa shape index (κ1) is 21.7. The maximum atomic E-state index is 15.5. The Morgan fingerprint density at radius 2 is 1.97 bits per heavy atom. The summed E-state index contributed by atoms with van der Waals surface area (Å²) in [4.78, 5) is 34.5. The second-order valence-electron chi connectivity index (χ2n) is 8.86. The minimum absolute atomic E-state index is 0.00195. The predicted molar refractivity (Wildman–Crippen MR) is 117 cm³/mol. The van der Waals surface area contributed by atoms with Gasteiger partial charge < -0.3 is 9.64 Å². The zero-order chi connectivity index (χ0) is 22.9. The third-order valence-corrected chi connectivity index (χ3v) is 5.17. The van der Waals surface area contributed by atoms with Gasteiger partial charge in [0.15, 0.2) is 0 Å². The predicted octanol–water partition coefficient (Wildman–Crippen LogP) is 3.70. The minimum Gasteiger partial charge on any atom is -0.444 e. The lowest BCUT2D eigenvalue weighted by Gasteiger charge is -2.36. The summed E-state index contributed by atoms with van der Waals surface area (Å²) in [5.41, 5.74) is -0.522. The van der Waals surface area contributed by atoms with Crippen LogP contribution in [0, 0.1) is 0 Å². The molecule has 168 valence electrons. The van der Waals surface area contributed by atoms with Crippen molar-refractivity contribution in [2.75, 3.05) is 18.4 Å². The Balaban J connectivity index is 1.45. The van der Waals surface area contributed by atoms with Crippen LogP contribution in [-0.4, -0.2) is 61.4 Å². The van der Waals surface area contributed by atoms with E-state index < -0.39 is 23.3 Å². The molecular formula is C22H25FN6O3. The molecule has 1 aliphatic rings. The van der Waals surface area contributed by atoms with Crippen LogP contribution >= 0.6 is 0 Å². The first-order chi connectivity index (χ1) is 15.1. The van der Waals surface area contributed by atoms with Crippen LogP contribution in [0.3, 0.4) is 0 Å². The van der Waals surface area contributed by atoms with Crippen LogP contribution in [-0.2, 0) is 9.53 Å². The number of H-pyrrole nitrogens is 1. The number of aromatic amines is 1. The average molecular weight is 440 g/mol.